The summed E-state index contributed by atoms with van der Waals surface area (Å²) in [5.41, 5.74) is -1.80. The average molecular weight is 439 g/mol. The average Bonchev–Trinajstić information content (AvgIpc) is 2.71. The number of carbonyl (C=O) groups excluding carboxylic acids is 1. The minimum absolute atomic E-state index is 0.125. The Morgan fingerprint density at radius 2 is 1.93 bits per heavy atom. The maximum Gasteiger partial charge on any atom is 0.421 e. The Kier molecular flexibility index (Phi) is 6.11. The fraction of sp³-hybridized carbons (Fsp3) is 0.409. The maximum absolute atomic E-state index is 13.3. The Bertz CT molecular complexity index is 943. The first-order valence-electron chi connectivity index (χ1n) is 9.50. The summed E-state index contributed by atoms with van der Waals surface area (Å²) in [7, 11) is 1.56. The topological polar surface area (TPSA) is 49.8 Å². The first-order chi connectivity index (χ1) is 14.0. The number of aliphatic hydroxyl groups is 1. The molecule has 1 aliphatic rings. The lowest BCUT2D eigenvalue weighted by molar-refractivity contribution is -0.258. The molecule has 8 heteroatoms. The number of benzene rings is 2. The van der Waals surface area contributed by atoms with Gasteiger partial charge >= 0.3 is 6.18 Å². The third-order valence-electron chi connectivity index (χ3n) is 5.25. The highest BCUT2D eigenvalue weighted by Crippen LogP contribution is 2.47. The van der Waals surface area contributed by atoms with Gasteiger partial charge in [0.25, 0.3) is 0 Å². The number of hydrogen-bond acceptors (Lipinski definition) is 4. The van der Waals surface area contributed by atoms with E-state index in [2.05, 4.69) is 0 Å². The number of halogens is 3. The number of ether oxygens (including phenoxy) is 1. The third kappa shape index (κ3) is 4.03. The molecule has 162 valence electrons. The number of amides is 1. The van der Waals surface area contributed by atoms with Crippen LogP contribution in [0.3, 0.4) is 0 Å². The van der Waals surface area contributed by atoms with Crippen molar-refractivity contribution in [2.24, 2.45) is 5.92 Å². The van der Waals surface area contributed by atoms with Crippen molar-refractivity contribution in [2.45, 2.75) is 43.5 Å². The lowest BCUT2D eigenvalue weighted by atomic mass is 9.94. The first-order valence-corrected chi connectivity index (χ1v) is 10.5. The van der Waals surface area contributed by atoms with Crippen molar-refractivity contribution in [3.05, 3.63) is 53.6 Å². The molecule has 1 amide bonds. The molecule has 1 N–H and O–H groups in total. The summed E-state index contributed by atoms with van der Waals surface area (Å²) in [5.74, 6) is 0.708. The number of nitrogens with zero attached hydrogens (tertiary/aromatic N) is 1. The van der Waals surface area contributed by atoms with Gasteiger partial charge in [0.1, 0.15) is 5.75 Å². The number of carbonyl (C=O) groups is 1. The maximum atomic E-state index is 13.3. The van der Waals surface area contributed by atoms with Crippen molar-refractivity contribution in [3.63, 3.8) is 0 Å². The third-order valence-corrected chi connectivity index (χ3v) is 6.37. The van der Waals surface area contributed by atoms with Gasteiger partial charge in [-0.2, -0.15) is 13.2 Å². The molecule has 0 spiro atoms. The zero-order valence-corrected chi connectivity index (χ0v) is 18.0. The van der Waals surface area contributed by atoms with Crippen molar-refractivity contribution in [3.8, 4) is 5.75 Å². The van der Waals surface area contributed by atoms with Gasteiger partial charge in [-0.05, 0) is 42.3 Å². The van der Waals surface area contributed by atoms with Crippen LogP contribution in [0, 0.1) is 5.92 Å². The first kappa shape index (κ1) is 22.5. The van der Waals surface area contributed by atoms with E-state index in [9.17, 15) is 23.1 Å². The molecule has 0 bridgehead atoms. The van der Waals surface area contributed by atoms with Gasteiger partial charge in [-0.15, -0.1) is 11.8 Å². The molecule has 3 rings (SSSR count). The lowest BCUT2D eigenvalue weighted by Gasteiger charge is -2.39. The molecule has 1 heterocycles. The fourth-order valence-corrected chi connectivity index (χ4v) is 4.55. The number of rotatable bonds is 4. The Hall–Kier alpha value is -2.19. The van der Waals surface area contributed by atoms with Crippen LogP contribution >= 0.6 is 11.8 Å². The van der Waals surface area contributed by atoms with E-state index in [1.807, 2.05) is 24.3 Å². The standard InChI is InChI=1S/C22H24F3NO3S/c1-13(2)20(27)26-17-9-8-15(21(3,28)22(23,24)25)11-19(17)30-12-18(26)14-6-5-7-16(10-14)29-4/h5-11,13,18,28H,12H2,1-4H3. The Balaban J connectivity index is 2.09. The van der Waals surface area contributed by atoms with Gasteiger partial charge in [0.15, 0.2) is 5.60 Å². The summed E-state index contributed by atoms with van der Waals surface area (Å²) in [6.07, 6.45) is -4.81. The molecule has 2 unspecified atom stereocenters. The molecule has 0 fully saturated rings. The molecule has 30 heavy (non-hydrogen) atoms. The molecule has 0 aromatic heterocycles. The molecule has 0 saturated heterocycles. The van der Waals surface area contributed by atoms with E-state index in [1.165, 1.54) is 30.0 Å². The zero-order chi connectivity index (χ0) is 22.3. The Labute approximate surface area is 178 Å². The minimum Gasteiger partial charge on any atom is -0.497 e. The normalized spacial score (nSPS) is 18.7. The minimum atomic E-state index is -4.81. The summed E-state index contributed by atoms with van der Waals surface area (Å²) in [6.45, 7) is 4.31. The monoisotopic (exact) mass is 439 g/mol. The van der Waals surface area contributed by atoms with Crippen LogP contribution in [0.25, 0.3) is 0 Å². The lowest BCUT2D eigenvalue weighted by Crippen LogP contribution is -2.42. The summed E-state index contributed by atoms with van der Waals surface area (Å²) in [4.78, 5) is 15.3. The highest BCUT2D eigenvalue weighted by atomic mass is 32.2. The van der Waals surface area contributed by atoms with Crippen LogP contribution in [-0.2, 0) is 10.4 Å². The molecule has 2 aromatic carbocycles. The van der Waals surface area contributed by atoms with Crippen LogP contribution in [0.4, 0.5) is 18.9 Å². The van der Waals surface area contributed by atoms with E-state index < -0.39 is 11.8 Å². The number of hydrogen-bond donors (Lipinski definition) is 1. The van der Waals surface area contributed by atoms with Crippen LogP contribution < -0.4 is 9.64 Å². The van der Waals surface area contributed by atoms with Crippen molar-refractivity contribution < 1.29 is 27.8 Å². The second kappa shape index (κ2) is 8.15. The number of fused-ring (bicyclic) bond motifs is 1. The van der Waals surface area contributed by atoms with Crippen molar-refractivity contribution in [1.82, 2.24) is 0 Å². The van der Waals surface area contributed by atoms with Gasteiger partial charge in [0.05, 0.1) is 18.8 Å². The summed E-state index contributed by atoms with van der Waals surface area (Å²) in [5, 5.41) is 10.0. The Morgan fingerprint density at radius 3 is 2.53 bits per heavy atom. The van der Waals surface area contributed by atoms with Crippen LogP contribution in [-0.4, -0.2) is 30.1 Å². The van der Waals surface area contributed by atoms with Gasteiger partial charge in [0.2, 0.25) is 5.91 Å². The predicted molar refractivity (Wildman–Crippen MR) is 111 cm³/mol. The second-order valence-electron chi connectivity index (χ2n) is 7.72. The SMILES string of the molecule is COc1cccc(C2CSc3cc(C(C)(O)C(F)(F)F)ccc3N2C(=O)C(C)C)c1. The largest absolute Gasteiger partial charge is 0.497 e. The number of alkyl halides is 3. The van der Waals surface area contributed by atoms with E-state index in [1.54, 1.807) is 25.9 Å². The number of thioether (sulfide) groups is 1. The van der Waals surface area contributed by atoms with Gasteiger partial charge in [-0.1, -0.05) is 32.0 Å². The fourth-order valence-electron chi connectivity index (χ4n) is 3.35. The van der Waals surface area contributed by atoms with Crippen LogP contribution in [0.15, 0.2) is 47.4 Å². The number of anilines is 1. The summed E-state index contributed by atoms with van der Waals surface area (Å²) < 4.78 is 45.1. The van der Waals surface area contributed by atoms with Crippen LogP contribution in [0.5, 0.6) is 5.75 Å². The van der Waals surface area contributed by atoms with Gasteiger partial charge in [-0.25, -0.2) is 0 Å². The van der Waals surface area contributed by atoms with E-state index in [0.717, 1.165) is 12.5 Å². The van der Waals surface area contributed by atoms with Crippen molar-refractivity contribution >= 4 is 23.4 Å². The van der Waals surface area contributed by atoms with Gasteiger partial charge in [-0.3, -0.25) is 4.79 Å². The number of methoxy groups -OCH3 is 1. The molecule has 2 atom stereocenters. The molecule has 1 aliphatic heterocycles. The van der Waals surface area contributed by atoms with E-state index in [-0.39, 0.29) is 23.4 Å². The van der Waals surface area contributed by atoms with Crippen LogP contribution in [0.2, 0.25) is 0 Å². The summed E-state index contributed by atoms with van der Waals surface area (Å²) in [6, 6.07) is 11.2. The zero-order valence-electron chi connectivity index (χ0n) is 17.2. The predicted octanol–water partition coefficient (Wildman–Crippen LogP) is 5.30. The Morgan fingerprint density at radius 1 is 1.23 bits per heavy atom. The summed E-state index contributed by atoms with van der Waals surface area (Å²) >= 11 is 1.37. The van der Waals surface area contributed by atoms with Gasteiger partial charge < -0.3 is 14.7 Å². The molecule has 4 nitrogen and oxygen atoms in total. The van der Waals surface area contributed by atoms with Crippen molar-refractivity contribution in [1.29, 1.82) is 0 Å². The van der Waals surface area contributed by atoms with Gasteiger partial charge in [0, 0.05) is 16.6 Å². The molecule has 0 radical (unpaired) electrons. The second-order valence-corrected chi connectivity index (χ2v) is 8.78. The molecular weight excluding hydrogens is 415 g/mol. The molecule has 0 saturated carbocycles. The highest BCUT2D eigenvalue weighted by Gasteiger charge is 2.51. The van der Waals surface area contributed by atoms with Crippen molar-refractivity contribution in [2.75, 3.05) is 17.8 Å². The van der Waals surface area contributed by atoms with Crippen LogP contribution in [0.1, 0.15) is 37.9 Å². The smallest absolute Gasteiger partial charge is 0.421 e. The quantitative estimate of drug-likeness (QED) is 0.702. The van der Waals surface area contributed by atoms with E-state index >= 15 is 0 Å². The van der Waals surface area contributed by atoms with E-state index in [0.29, 0.717) is 22.1 Å². The van der Waals surface area contributed by atoms with E-state index in [4.69, 9.17) is 4.74 Å². The molecule has 2 aromatic rings. The molecule has 0 aliphatic carbocycles. The molecular formula is C22H24F3NO3S. The highest BCUT2D eigenvalue weighted by molar-refractivity contribution is 7.99.